The highest BCUT2D eigenvalue weighted by Gasteiger charge is 2.13. The van der Waals surface area contributed by atoms with E-state index in [9.17, 15) is 5.26 Å². The summed E-state index contributed by atoms with van der Waals surface area (Å²) in [5.41, 5.74) is 7.34. The Hall–Kier alpha value is -3.99. The number of fused-ring (bicyclic) bond motifs is 1. The Kier molecular flexibility index (Phi) is 7.08. The summed E-state index contributed by atoms with van der Waals surface area (Å²) in [4.78, 5) is 17.1. The normalized spacial score (nSPS) is 15.2. The summed E-state index contributed by atoms with van der Waals surface area (Å²) in [7, 11) is 2.19. The number of anilines is 2. The minimum Gasteiger partial charge on any atom is -0.361 e. The molecule has 5 rings (SSSR count). The molecule has 0 radical (unpaired) electrons. The van der Waals surface area contributed by atoms with Crippen molar-refractivity contribution in [1.82, 2.24) is 24.8 Å². The van der Waals surface area contributed by atoms with Crippen LogP contribution in [0.3, 0.4) is 0 Å². The standard InChI is InChI=1S/C29H31N7/c1-21-26-10-11-32-28(26)9-8-27(21)34-29-23(18-31-19-24(29)16-30)5-7-25-6-4-22(17-33-25)20-36-13-3-12-35(2)14-15-36/h4-11,17-19,32H,3,12-15,20H2,1-2H3,(H,31,34)/b7-5+. The molecule has 1 aromatic carbocycles. The van der Waals surface area contributed by atoms with E-state index in [-0.39, 0.29) is 0 Å². The van der Waals surface area contributed by atoms with Gasteiger partial charge in [-0.3, -0.25) is 14.9 Å². The first kappa shape index (κ1) is 23.7. The lowest BCUT2D eigenvalue weighted by Crippen LogP contribution is -2.28. The van der Waals surface area contributed by atoms with Crippen LogP contribution >= 0.6 is 0 Å². The van der Waals surface area contributed by atoms with Crippen molar-refractivity contribution in [3.05, 3.63) is 83.1 Å². The smallest absolute Gasteiger partial charge is 0.103 e. The van der Waals surface area contributed by atoms with Crippen LogP contribution in [-0.4, -0.2) is 58.0 Å². The molecule has 0 amide bonds. The number of benzene rings is 1. The third-order valence-electron chi connectivity index (χ3n) is 6.86. The average Bonchev–Trinajstić information content (AvgIpc) is 3.29. The van der Waals surface area contributed by atoms with Gasteiger partial charge in [-0.2, -0.15) is 5.26 Å². The Morgan fingerprint density at radius 1 is 1.06 bits per heavy atom. The SMILES string of the molecule is Cc1c(Nc2c(C#N)cncc2/C=C/c2ccc(CN3CCCN(C)CC3)cn2)ccc2[nH]ccc12. The maximum atomic E-state index is 9.73. The fourth-order valence-corrected chi connectivity index (χ4v) is 4.70. The van der Waals surface area contributed by atoms with Gasteiger partial charge in [0.2, 0.25) is 0 Å². The average molecular weight is 478 g/mol. The van der Waals surface area contributed by atoms with Gasteiger partial charge >= 0.3 is 0 Å². The number of likely N-dealkylation sites (N-methyl/N-ethyl adjacent to an activating group) is 1. The van der Waals surface area contributed by atoms with E-state index in [4.69, 9.17) is 0 Å². The minimum absolute atomic E-state index is 0.497. The van der Waals surface area contributed by atoms with E-state index in [1.54, 1.807) is 12.4 Å². The molecule has 182 valence electrons. The molecule has 1 saturated heterocycles. The number of aromatic nitrogens is 3. The summed E-state index contributed by atoms with van der Waals surface area (Å²) in [6.07, 6.45) is 12.4. The van der Waals surface area contributed by atoms with E-state index in [1.165, 1.54) is 12.0 Å². The van der Waals surface area contributed by atoms with Crippen molar-refractivity contribution in [2.24, 2.45) is 0 Å². The number of hydrogen-bond donors (Lipinski definition) is 2. The van der Waals surface area contributed by atoms with Crippen LogP contribution in [0.15, 0.2) is 55.1 Å². The number of nitriles is 1. The zero-order valence-electron chi connectivity index (χ0n) is 20.8. The Morgan fingerprint density at radius 3 is 2.81 bits per heavy atom. The summed E-state index contributed by atoms with van der Waals surface area (Å²) in [5, 5.41) is 14.4. The van der Waals surface area contributed by atoms with Gasteiger partial charge in [0.15, 0.2) is 0 Å². The topological polar surface area (TPSA) is 83.9 Å². The van der Waals surface area contributed by atoms with E-state index in [1.807, 2.05) is 36.7 Å². The molecule has 7 nitrogen and oxygen atoms in total. The lowest BCUT2D eigenvalue weighted by molar-refractivity contribution is 0.269. The second-order valence-electron chi connectivity index (χ2n) is 9.42. The second-order valence-corrected chi connectivity index (χ2v) is 9.42. The molecular weight excluding hydrogens is 446 g/mol. The fourth-order valence-electron chi connectivity index (χ4n) is 4.70. The van der Waals surface area contributed by atoms with Crippen LogP contribution < -0.4 is 5.32 Å². The van der Waals surface area contributed by atoms with Gasteiger partial charge in [0.25, 0.3) is 0 Å². The van der Waals surface area contributed by atoms with Gasteiger partial charge in [-0.15, -0.1) is 0 Å². The van der Waals surface area contributed by atoms with Crippen LogP contribution in [0.1, 0.15) is 34.4 Å². The van der Waals surface area contributed by atoms with E-state index in [0.29, 0.717) is 5.56 Å². The number of H-pyrrole nitrogens is 1. The Labute approximate surface area is 212 Å². The molecule has 4 heterocycles. The summed E-state index contributed by atoms with van der Waals surface area (Å²) >= 11 is 0. The molecule has 2 N–H and O–H groups in total. The lowest BCUT2D eigenvalue weighted by atomic mass is 10.1. The molecule has 0 bridgehead atoms. The zero-order chi connectivity index (χ0) is 24.9. The molecule has 1 aliphatic rings. The molecule has 1 fully saturated rings. The maximum Gasteiger partial charge on any atom is 0.103 e. The molecule has 0 aliphatic carbocycles. The van der Waals surface area contributed by atoms with Crippen LogP contribution in [0.25, 0.3) is 23.1 Å². The van der Waals surface area contributed by atoms with E-state index >= 15 is 0 Å². The molecule has 7 heteroatoms. The Bertz CT molecular complexity index is 1410. The first-order valence-electron chi connectivity index (χ1n) is 12.4. The summed E-state index contributed by atoms with van der Waals surface area (Å²) < 4.78 is 0. The van der Waals surface area contributed by atoms with Gasteiger partial charge in [0, 0.05) is 66.6 Å². The fraction of sp³-hybridized carbons (Fsp3) is 0.276. The molecule has 0 unspecified atom stereocenters. The van der Waals surface area contributed by atoms with E-state index in [2.05, 4.69) is 68.3 Å². The van der Waals surface area contributed by atoms with E-state index < -0.39 is 0 Å². The van der Waals surface area contributed by atoms with Crippen molar-refractivity contribution in [2.75, 3.05) is 38.5 Å². The quantitative estimate of drug-likeness (QED) is 0.398. The monoisotopic (exact) mass is 477 g/mol. The van der Waals surface area contributed by atoms with Crippen LogP contribution in [0.2, 0.25) is 0 Å². The number of hydrogen-bond acceptors (Lipinski definition) is 6. The highest BCUT2D eigenvalue weighted by molar-refractivity contribution is 5.90. The number of nitrogens with one attached hydrogen (secondary N) is 2. The molecule has 0 atom stereocenters. The predicted molar refractivity (Wildman–Crippen MR) is 146 cm³/mol. The molecule has 1 aliphatic heterocycles. The molecule has 4 aromatic rings. The Balaban J connectivity index is 1.34. The van der Waals surface area contributed by atoms with Crippen molar-refractivity contribution in [3.8, 4) is 6.07 Å². The number of aryl methyl sites for hydroxylation is 1. The van der Waals surface area contributed by atoms with Crippen LogP contribution in [-0.2, 0) is 6.54 Å². The number of pyridine rings is 2. The minimum atomic E-state index is 0.497. The van der Waals surface area contributed by atoms with Crippen molar-refractivity contribution in [3.63, 3.8) is 0 Å². The summed E-state index contributed by atoms with van der Waals surface area (Å²) in [6, 6.07) is 12.6. The number of rotatable bonds is 6. The molecule has 36 heavy (non-hydrogen) atoms. The van der Waals surface area contributed by atoms with Gasteiger partial charge in [-0.05, 0) is 81.0 Å². The predicted octanol–water partition coefficient (Wildman–Crippen LogP) is 5.19. The van der Waals surface area contributed by atoms with Crippen molar-refractivity contribution >= 4 is 34.4 Å². The first-order valence-corrected chi connectivity index (χ1v) is 12.4. The third-order valence-corrected chi connectivity index (χ3v) is 6.86. The van der Waals surface area contributed by atoms with Gasteiger partial charge in [-0.1, -0.05) is 6.07 Å². The van der Waals surface area contributed by atoms with Crippen molar-refractivity contribution in [2.45, 2.75) is 19.9 Å². The largest absolute Gasteiger partial charge is 0.361 e. The van der Waals surface area contributed by atoms with Crippen LogP contribution in [0, 0.1) is 18.3 Å². The third kappa shape index (κ3) is 5.30. The lowest BCUT2D eigenvalue weighted by Gasteiger charge is -2.19. The zero-order valence-corrected chi connectivity index (χ0v) is 20.8. The summed E-state index contributed by atoms with van der Waals surface area (Å²) in [6.45, 7) is 7.50. The van der Waals surface area contributed by atoms with Crippen molar-refractivity contribution in [1.29, 1.82) is 5.26 Å². The van der Waals surface area contributed by atoms with Gasteiger partial charge in [0.1, 0.15) is 6.07 Å². The molecular formula is C29H31N7. The highest BCUT2D eigenvalue weighted by atomic mass is 15.2. The highest BCUT2D eigenvalue weighted by Crippen LogP contribution is 2.31. The molecule has 0 saturated carbocycles. The molecule has 3 aromatic heterocycles. The first-order chi connectivity index (χ1) is 17.6. The van der Waals surface area contributed by atoms with Crippen molar-refractivity contribution < 1.29 is 0 Å². The maximum absolute atomic E-state index is 9.73. The molecule has 0 spiro atoms. The van der Waals surface area contributed by atoms with Gasteiger partial charge in [-0.25, -0.2) is 0 Å². The second kappa shape index (κ2) is 10.7. The van der Waals surface area contributed by atoms with Gasteiger partial charge < -0.3 is 15.2 Å². The van der Waals surface area contributed by atoms with Crippen LogP contribution in [0.5, 0.6) is 0 Å². The number of aromatic amines is 1. The van der Waals surface area contributed by atoms with Crippen LogP contribution in [0.4, 0.5) is 11.4 Å². The Morgan fingerprint density at radius 2 is 1.97 bits per heavy atom. The summed E-state index contributed by atoms with van der Waals surface area (Å²) in [5.74, 6) is 0. The van der Waals surface area contributed by atoms with E-state index in [0.717, 1.165) is 71.8 Å². The number of nitrogens with zero attached hydrogens (tertiary/aromatic N) is 5. The van der Waals surface area contributed by atoms with Gasteiger partial charge in [0.05, 0.1) is 16.9 Å².